The number of hydrogen-bond donors (Lipinski definition) is 0. The van der Waals surface area contributed by atoms with Gasteiger partial charge in [0.05, 0.1) is 0 Å². The molecule has 3 aromatic carbocycles. The normalized spacial score (nSPS) is 20.8. The summed E-state index contributed by atoms with van der Waals surface area (Å²) in [6, 6.07) is 21.9. The molecule has 0 radical (unpaired) electrons. The Labute approximate surface area is 186 Å². The van der Waals surface area contributed by atoms with Crippen LogP contribution in [0.4, 0.5) is 0 Å². The van der Waals surface area contributed by atoms with Crippen molar-refractivity contribution in [3.8, 4) is 11.5 Å². The smallest absolute Gasteiger partial charge is 0.127 e. The van der Waals surface area contributed by atoms with Crippen molar-refractivity contribution >= 4 is 10.8 Å². The average Bonchev–Trinajstić information content (AvgIpc) is 2.78. The monoisotopic (exact) mass is 415 g/mol. The van der Waals surface area contributed by atoms with Crippen LogP contribution in [0.3, 0.4) is 0 Å². The maximum atomic E-state index is 6.41. The van der Waals surface area contributed by atoms with Crippen LogP contribution in [0.2, 0.25) is 0 Å². The molecule has 0 saturated carbocycles. The first-order valence-corrected chi connectivity index (χ1v) is 11.7. The van der Waals surface area contributed by atoms with Crippen LogP contribution in [0.5, 0.6) is 11.5 Å². The van der Waals surface area contributed by atoms with E-state index in [0.29, 0.717) is 5.92 Å². The molecule has 5 rings (SSSR count). The fraction of sp³-hybridized carbons (Fsp3) is 0.429. The zero-order valence-electron chi connectivity index (χ0n) is 18.8. The standard InChI is InChI=1S/C28H33NO2/c1-28(2)20-26(23-11-10-21-8-4-5-9-22(21)18-23)25-13-12-24(19-27(25)31-28)30-17-16-29-14-6-3-7-15-29/h4-5,8-13,18-19,26H,3,6-7,14-17,20H2,1-2H3. The second kappa shape index (κ2) is 8.55. The van der Waals surface area contributed by atoms with E-state index in [0.717, 1.165) is 31.1 Å². The van der Waals surface area contributed by atoms with Crippen LogP contribution >= 0.6 is 0 Å². The molecule has 2 aliphatic rings. The quantitative estimate of drug-likeness (QED) is 0.481. The minimum Gasteiger partial charge on any atom is -0.492 e. The number of nitrogens with zero attached hydrogens (tertiary/aromatic N) is 1. The zero-order chi connectivity index (χ0) is 21.3. The summed E-state index contributed by atoms with van der Waals surface area (Å²) in [6.45, 7) is 8.53. The van der Waals surface area contributed by atoms with Crippen LogP contribution in [0, 0.1) is 0 Å². The molecular weight excluding hydrogens is 382 g/mol. The van der Waals surface area contributed by atoms with Gasteiger partial charge < -0.3 is 9.47 Å². The lowest BCUT2D eigenvalue weighted by Gasteiger charge is -2.38. The van der Waals surface area contributed by atoms with E-state index in [-0.39, 0.29) is 5.60 Å². The lowest BCUT2D eigenvalue weighted by atomic mass is 9.79. The number of ether oxygens (including phenoxy) is 2. The molecule has 0 aromatic heterocycles. The topological polar surface area (TPSA) is 21.7 Å². The van der Waals surface area contributed by atoms with E-state index >= 15 is 0 Å². The van der Waals surface area contributed by atoms with E-state index in [9.17, 15) is 0 Å². The summed E-state index contributed by atoms with van der Waals surface area (Å²) in [7, 11) is 0. The zero-order valence-corrected chi connectivity index (χ0v) is 18.8. The van der Waals surface area contributed by atoms with Crippen molar-refractivity contribution in [2.45, 2.75) is 51.0 Å². The van der Waals surface area contributed by atoms with Gasteiger partial charge in [0.25, 0.3) is 0 Å². The van der Waals surface area contributed by atoms with Gasteiger partial charge >= 0.3 is 0 Å². The van der Waals surface area contributed by atoms with Crippen LogP contribution in [0.15, 0.2) is 60.7 Å². The molecule has 0 N–H and O–H groups in total. The molecule has 0 amide bonds. The number of piperidine rings is 1. The molecule has 3 aromatic rings. The third kappa shape index (κ3) is 4.57. The van der Waals surface area contributed by atoms with E-state index in [4.69, 9.17) is 9.47 Å². The molecule has 0 bridgehead atoms. The first-order valence-electron chi connectivity index (χ1n) is 11.7. The largest absolute Gasteiger partial charge is 0.492 e. The van der Waals surface area contributed by atoms with E-state index < -0.39 is 0 Å². The Hall–Kier alpha value is -2.52. The van der Waals surface area contributed by atoms with E-state index in [2.05, 4.69) is 79.4 Å². The molecule has 3 nitrogen and oxygen atoms in total. The fourth-order valence-corrected chi connectivity index (χ4v) is 5.12. The third-order valence-electron chi connectivity index (χ3n) is 6.74. The molecule has 2 aliphatic heterocycles. The van der Waals surface area contributed by atoms with Gasteiger partial charge in [0, 0.05) is 24.1 Å². The summed E-state index contributed by atoms with van der Waals surface area (Å²) in [5.41, 5.74) is 2.41. The molecule has 0 aliphatic carbocycles. The molecule has 1 fully saturated rings. The van der Waals surface area contributed by atoms with Gasteiger partial charge in [0.1, 0.15) is 23.7 Å². The third-order valence-corrected chi connectivity index (χ3v) is 6.74. The highest BCUT2D eigenvalue weighted by atomic mass is 16.5. The van der Waals surface area contributed by atoms with Crippen LogP contribution in [-0.4, -0.2) is 36.7 Å². The Balaban J connectivity index is 1.37. The number of fused-ring (bicyclic) bond motifs is 2. The Kier molecular flexibility index (Phi) is 5.62. The molecule has 162 valence electrons. The Morgan fingerprint density at radius 3 is 2.58 bits per heavy atom. The molecular formula is C28H33NO2. The van der Waals surface area contributed by atoms with Gasteiger partial charge in [-0.2, -0.15) is 0 Å². The van der Waals surface area contributed by atoms with Crippen LogP contribution in [0.1, 0.15) is 56.6 Å². The number of rotatable bonds is 5. The SMILES string of the molecule is CC1(C)CC(c2ccc3ccccc3c2)c2ccc(OCCN3CCCCC3)cc2O1. The van der Waals surface area contributed by atoms with Gasteiger partial charge in [-0.1, -0.05) is 55.0 Å². The van der Waals surface area contributed by atoms with Gasteiger partial charge in [0.2, 0.25) is 0 Å². The van der Waals surface area contributed by atoms with E-state index in [1.165, 1.54) is 54.3 Å². The number of benzene rings is 3. The highest BCUT2D eigenvalue weighted by Gasteiger charge is 2.35. The predicted molar refractivity (Wildman–Crippen MR) is 127 cm³/mol. The van der Waals surface area contributed by atoms with Gasteiger partial charge in [-0.3, -0.25) is 4.90 Å². The molecule has 1 unspecified atom stereocenters. The lowest BCUT2D eigenvalue weighted by molar-refractivity contribution is 0.0769. The second-order valence-corrected chi connectivity index (χ2v) is 9.68. The van der Waals surface area contributed by atoms with Crippen molar-refractivity contribution < 1.29 is 9.47 Å². The van der Waals surface area contributed by atoms with Crippen molar-refractivity contribution in [2.75, 3.05) is 26.2 Å². The van der Waals surface area contributed by atoms with Gasteiger partial charge in [-0.25, -0.2) is 0 Å². The molecule has 0 spiro atoms. The Bertz CT molecular complexity index is 1050. The van der Waals surface area contributed by atoms with Crippen LogP contribution in [-0.2, 0) is 0 Å². The molecule has 31 heavy (non-hydrogen) atoms. The molecule has 1 saturated heterocycles. The minimum absolute atomic E-state index is 0.213. The maximum Gasteiger partial charge on any atom is 0.127 e. The van der Waals surface area contributed by atoms with E-state index in [1.807, 2.05) is 0 Å². The van der Waals surface area contributed by atoms with Crippen LogP contribution < -0.4 is 9.47 Å². The Morgan fingerprint density at radius 1 is 0.935 bits per heavy atom. The summed E-state index contributed by atoms with van der Waals surface area (Å²) < 4.78 is 12.5. The van der Waals surface area contributed by atoms with Gasteiger partial charge in [-0.05, 0) is 68.6 Å². The summed E-state index contributed by atoms with van der Waals surface area (Å²) in [5, 5.41) is 2.58. The predicted octanol–water partition coefficient (Wildman–Crippen LogP) is 6.40. The van der Waals surface area contributed by atoms with Crippen molar-refractivity contribution in [1.82, 2.24) is 4.90 Å². The minimum atomic E-state index is -0.213. The highest BCUT2D eigenvalue weighted by Crippen LogP contribution is 2.45. The fourth-order valence-electron chi connectivity index (χ4n) is 5.12. The summed E-state index contributed by atoms with van der Waals surface area (Å²) in [6.07, 6.45) is 4.97. The number of likely N-dealkylation sites (tertiary alicyclic amines) is 1. The van der Waals surface area contributed by atoms with Crippen molar-refractivity contribution in [1.29, 1.82) is 0 Å². The Morgan fingerprint density at radius 2 is 1.74 bits per heavy atom. The molecule has 3 heteroatoms. The summed E-state index contributed by atoms with van der Waals surface area (Å²) in [5.74, 6) is 2.20. The van der Waals surface area contributed by atoms with Crippen molar-refractivity contribution in [3.63, 3.8) is 0 Å². The maximum absolute atomic E-state index is 6.41. The second-order valence-electron chi connectivity index (χ2n) is 9.68. The van der Waals surface area contributed by atoms with E-state index in [1.54, 1.807) is 0 Å². The van der Waals surface area contributed by atoms with Gasteiger partial charge in [0.15, 0.2) is 0 Å². The lowest BCUT2D eigenvalue weighted by Crippen LogP contribution is -2.35. The molecule has 1 atom stereocenters. The van der Waals surface area contributed by atoms with Crippen molar-refractivity contribution in [3.05, 3.63) is 71.8 Å². The van der Waals surface area contributed by atoms with Crippen molar-refractivity contribution in [2.24, 2.45) is 0 Å². The van der Waals surface area contributed by atoms with Gasteiger partial charge in [-0.15, -0.1) is 0 Å². The first-order chi connectivity index (χ1) is 15.1. The first kappa shape index (κ1) is 20.4. The number of hydrogen-bond acceptors (Lipinski definition) is 3. The summed E-state index contributed by atoms with van der Waals surface area (Å²) >= 11 is 0. The molecule has 2 heterocycles. The highest BCUT2D eigenvalue weighted by molar-refractivity contribution is 5.83. The summed E-state index contributed by atoms with van der Waals surface area (Å²) in [4.78, 5) is 2.51. The average molecular weight is 416 g/mol. The van der Waals surface area contributed by atoms with Crippen LogP contribution in [0.25, 0.3) is 10.8 Å².